The molecule has 2 N–H and O–H groups in total. The van der Waals surface area contributed by atoms with E-state index in [2.05, 4.69) is 5.10 Å². The van der Waals surface area contributed by atoms with Crippen LogP contribution in [0.1, 0.15) is 18.0 Å². The van der Waals surface area contributed by atoms with Crippen LogP contribution in [0.2, 0.25) is 0 Å². The molecule has 1 atom stereocenters. The molecule has 1 unspecified atom stereocenters. The van der Waals surface area contributed by atoms with Crippen LogP contribution in [0, 0.1) is 0 Å². The molecule has 0 fully saturated rings. The van der Waals surface area contributed by atoms with Crippen molar-refractivity contribution in [3.05, 3.63) is 18.0 Å². The number of aryl methyl sites for hydroxylation is 1. The van der Waals surface area contributed by atoms with Crippen molar-refractivity contribution in [3.8, 4) is 0 Å². The second-order valence-corrected chi connectivity index (χ2v) is 4.05. The summed E-state index contributed by atoms with van der Waals surface area (Å²) in [5.41, 5.74) is 6.40. The third-order valence-corrected chi connectivity index (χ3v) is 2.45. The first-order valence-corrected chi connectivity index (χ1v) is 6.12. The van der Waals surface area contributed by atoms with Gasteiger partial charge < -0.3 is 19.9 Å². The third kappa shape index (κ3) is 5.82. The van der Waals surface area contributed by atoms with Crippen LogP contribution in [-0.4, -0.2) is 49.3 Å². The topological polar surface area (TPSA) is 88.6 Å². The molecule has 1 rings (SSSR count). The zero-order valence-corrected chi connectivity index (χ0v) is 11.4. The SMILES string of the molecule is COCCOCCCOC(=O)C(N)c1cnn(C)c1. The van der Waals surface area contributed by atoms with Crippen LogP contribution in [-0.2, 0) is 26.1 Å². The average Bonchev–Trinajstić information content (AvgIpc) is 2.83. The Kier molecular flexibility index (Phi) is 7.09. The van der Waals surface area contributed by atoms with Crippen LogP contribution >= 0.6 is 0 Å². The number of rotatable bonds is 9. The molecule has 0 amide bonds. The van der Waals surface area contributed by atoms with Crippen molar-refractivity contribution in [2.75, 3.05) is 33.5 Å². The fourth-order valence-electron chi connectivity index (χ4n) is 1.40. The average molecular weight is 271 g/mol. The molecule has 0 aromatic carbocycles. The Morgan fingerprint density at radius 1 is 1.42 bits per heavy atom. The molecule has 0 saturated heterocycles. The second kappa shape index (κ2) is 8.63. The zero-order valence-electron chi connectivity index (χ0n) is 11.4. The summed E-state index contributed by atoms with van der Waals surface area (Å²) in [4.78, 5) is 11.6. The van der Waals surface area contributed by atoms with Gasteiger partial charge in [0.15, 0.2) is 0 Å². The van der Waals surface area contributed by atoms with Crippen LogP contribution in [0.25, 0.3) is 0 Å². The number of hydrogen-bond acceptors (Lipinski definition) is 6. The summed E-state index contributed by atoms with van der Waals surface area (Å²) in [7, 11) is 3.38. The van der Waals surface area contributed by atoms with E-state index in [-0.39, 0.29) is 0 Å². The lowest BCUT2D eigenvalue weighted by molar-refractivity contribution is -0.145. The number of methoxy groups -OCH3 is 1. The van der Waals surface area contributed by atoms with Gasteiger partial charge in [-0.25, -0.2) is 4.79 Å². The van der Waals surface area contributed by atoms with E-state index in [9.17, 15) is 4.79 Å². The third-order valence-electron chi connectivity index (χ3n) is 2.45. The number of esters is 1. The van der Waals surface area contributed by atoms with Crippen molar-refractivity contribution in [1.82, 2.24) is 9.78 Å². The summed E-state index contributed by atoms with van der Waals surface area (Å²) in [6, 6.07) is -0.789. The highest BCUT2D eigenvalue weighted by Crippen LogP contribution is 2.10. The number of aromatic nitrogens is 2. The minimum Gasteiger partial charge on any atom is -0.464 e. The van der Waals surface area contributed by atoms with E-state index in [4.69, 9.17) is 19.9 Å². The van der Waals surface area contributed by atoms with Gasteiger partial charge in [-0.3, -0.25) is 4.68 Å². The fourth-order valence-corrected chi connectivity index (χ4v) is 1.40. The molecule has 7 heteroatoms. The predicted molar refractivity (Wildman–Crippen MR) is 68.4 cm³/mol. The number of carbonyl (C=O) groups excluding carboxylic acids is 1. The Hall–Kier alpha value is -1.44. The summed E-state index contributed by atoms with van der Waals surface area (Å²) < 4.78 is 16.7. The van der Waals surface area contributed by atoms with Crippen LogP contribution in [0.4, 0.5) is 0 Å². The lowest BCUT2D eigenvalue weighted by Crippen LogP contribution is -2.24. The highest BCUT2D eigenvalue weighted by atomic mass is 16.5. The first-order chi connectivity index (χ1) is 9.15. The smallest absolute Gasteiger partial charge is 0.327 e. The molecular weight excluding hydrogens is 250 g/mol. The largest absolute Gasteiger partial charge is 0.464 e. The molecule has 108 valence electrons. The zero-order chi connectivity index (χ0) is 14.1. The first kappa shape index (κ1) is 15.6. The Morgan fingerprint density at radius 2 is 2.21 bits per heavy atom. The molecule has 1 aromatic heterocycles. The van der Waals surface area contributed by atoms with Crippen LogP contribution in [0.5, 0.6) is 0 Å². The quantitative estimate of drug-likeness (QED) is 0.503. The van der Waals surface area contributed by atoms with Crippen LogP contribution in [0.3, 0.4) is 0 Å². The summed E-state index contributed by atoms with van der Waals surface area (Å²) in [5.74, 6) is -0.454. The van der Waals surface area contributed by atoms with E-state index in [0.717, 1.165) is 0 Å². The van der Waals surface area contributed by atoms with Crippen molar-refractivity contribution >= 4 is 5.97 Å². The molecule has 0 saturated carbocycles. The van der Waals surface area contributed by atoms with Gasteiger partial charge in [-0.15, -0.1) is 0 Å². The van der Waals surface area contributed by atoms with Crippen molar-refractivity contribution in [3.63, 3.8) is 0 Å². The summed E-state index contributed by atoms with van der Waals surface area (Å²) in [6.07, 6.45) is 3.88. The van der Waals surface area contributed by atoms with Crippen molar-refractivity contribution in [2.24, 2.45) is 12.8 Å². The lowest BCUT2D eigenvalue weighted by atomic mass is 10.2. The van der Waals surface area contributed by atoms with E-state index in [1.165, 1.54) is 0 Å². The summed E-state index contributed by atoms with van der Waals surface area (Å²) in [5, 5.41) is 3.96. The molecule has 1 heterocycles. The minimum atomic E-state index is -0.789. The van der Waals surface area contributed by atoms with Crippen molar-refractivity contribution in [1.29, 1.82) is 0 Å². The van der Waals surface area contributed by atoms with Crippen LogP contribution < -0.4 is 5.73 Å². The van der Waals surface area contributed by atoms with Gasteiger partial charge in [0, 0.05) is 38.9 Å². The number of nitrogens with zero attached hydrogens (tertiary/aromatic N) is 2. The summed E-state index contributed by atoms with van der Waals surface area (Å²) in [6.45, 7) is 1.92. The first-order valence-electron chi connectivity index (χ1n) is 6.12. The maximum atomic E-state index is 11.6. The van der Waals surface area contributed by atoms with E-state index in [1.807, 2.05) is 0 Å². The molecule has 0 aliphatic carbocycles. The molecule has 7 nitrogen and oxygen atoms in total. The van der Waals surface area contributed by atoms with Gasteiger partial charge in [0.1, 0.15) is 6.04 Å². The molecule has 0 radical (unpaired) electrons. The summed E-state index contributed by atoms with van der Waals surface area (Å²) >= 11 is 0. The van der Waals surface area contributed by atoms with Gasteiger partial charge in [-0.05, 0) is 0 Å². The second-order valence-electron chi connectivity index (χ2n) is 4.05. The number of ether oxygens (including phenoxy) is 3. The van der Waals surface area contributed by atoms with E-state index in [1.54, 1.807) is 31.2 Å². The maximum absolute atomic E-state index is 11.6. The van der Waals surface area contributed by atoms with E-state index < -0.39 is 12.0 Å². The number of nitrogens with two attached hydrogens (primary N) is 1. The molecule has 0 aliphatic rings. The maximum Gasteiger partial charge on any atom is 0.327 e. The van der Waals surface area contributed by atoms with Gasteiger partial charge in [0.25, 0.3) is 0 Å². The molecule has 19 heavy (non-hydrogen) atoms. The monoisotopic (exact) mass is 271 g/mol. The number of carbonyl (C=O) groups is 1. The lowest BCUT2D eigenvalue weighted by Gasteiger charge is -2.10. The minimum absolute atomic E-state index is 0.291. The molecule has 0 bridgehead atoms. The van der Waals surface area contributed by atoms with Gasteiger partial charge in [-0.1, -0.05) is 0 Å². The van der Waals surface area contributed by atoms with E-state index in [0.29, 0.717) is 38.4 Å². The number of hydrogen-bond donors (Lipinski definition) is 1. The molecule has 0 spiro atoms. The fraction of sp³-hybridized carbons (Fsp3) is 0.667. The van der Waals surface area contributed by atoms with Gasteiger partial charge >= 0.3 is 5.97 Å². The highest BCUT2D eigenvalue weighted by molar-refractivity contribution is 5.77. The molecule has 0 aliphatic heterocycles. The molecular formula is C12H21N3O4. The Labute approximate surface area is 112 Å². The predicted octanol–water partition coefficient (Wildman–Crippen LogP) is 0.0162. The normalized spacial score (nSPS) is 12.4. The van der Waals surface area contributed by atoms with Gasteiger partial charge in [0.05, 0.1) is 26.0 Å². The van der Waals surface area contributed by atoms with Gasteiger partial charge in [-0.2, -0.15) is 5.10 Å². The standard InChI is InChI=1S/C12H21N3O4/c1-15-9-10(8-14-15)11(13)12(16)19-5-3-4-18-7-6-17-2/h8-9,11H,3-7,13H2,1-2H3. The van der Waals surface area contributed by atoms with E-state index >= 15 is 0 Å². The van der Waals surface area contributed by atoms with Crippen molar-refractivity contribution in [2.45, 2.75) is 12.5 Å². The van der Waals surface area contributed by atoms with Gasteiger partial charge in [0.2, 0.25) is 0 Å². The Morgan fingerprint density at radius 3 is 2.84 bits per heavy atom. The van der Waals surface area contributed by atoms with Crippen LogP contribution in [0.15, 0.2) is 12.4 Å². The Bertz CT molecular complexity index is 381. The molecule has 1 aromatic rings. The Balaban J connectivity index is 2.14. The highest BCUT2D eigenvalue weighted by Gasteiger charge is 2.18. The van der Waals surface area contributed by atoms with Crippen molar-refractivity contribution < 1.29 is 19.0 Å².